The molecule has 0 bridgehead atoms. The van der Waals surface area contributed by atoms with Gasteiger partial charge in [-0.1, -0.05) is 12.2 Å². The molecule has 0 aliphatic carbocycles. The number of aromatic hydroxyl groups is 1. The highest BCUT2D eigenvalue weighted by Crippen LogP contribution is 2.24. The lowest BCUT2D eigenvalue weighted by Gasteiger charge is -2.16. The molecule has 0 atom stereocenters. The van der Waals surface area contributed by atoms with Crippen LogP contribution in [0.5, 0.6) is 5.75 Å². The maximum Gasteiger partial charge on any atom is 0.270 e. The molecule has 1 aliphatic heterocycles. The number of amides is 1. The average Bonchev–Trinajstić information content (AvgIpc) is 3.27. The first-order valence-electron chi connectivity index (χ1n) is 9.16. The number of aromatic nitrogens is 2. The third-order valence-electron chi connectivity index (χ3n) is 4.85. The van der Waals surface area contributed by atoms with E-state index in [0.29, 0.717) is 47.7 Å². The van der Waals surface area contributed by atoms with E-state index in [4.69, 9.17) is 11.1 Å². The molecule has 1 amide bonds. The highest BCUT2D eigenvalue weighted by Gasteiger charge is 2.17. The smallest absolute Gasteiger partial charge is 0.270 e. The standard InChI is InChI=1S/C21H20N6O2/c22-19(23)13-4-6-18(28)15(9-13)11-24-20-16-5-3-14(10-17(16)25-12-26-20)21(29)27-7-1-2-8-27/h1-6,9-10,12,28H,7-8,11H2,(H3,22,23)(H,24,25,26)/p+1. The van der Waals surface area contributed by atoms with Crippen molar-refractivity contribution in [3.8, 4) is 5.75 Å². The maximum atomic E-state index is 12.6. The molecule has 0 spiro atoms. The summed E-state index contributed by atoms with van der Waals surface area (Å²) in [6.07, 6.45) is 5.39. The van der Waals surface area contributed by atoms with E-state index in [1.807, 2.05) is 18.2 Å². The van der Waals surface area contributed by atoms with E-state index >= 15 is 0 Å². The summed E-state index contributed by atoms with van der Waals surface area (Å²) in [5.41, 5.74) is 8.17. The summed E-state index contributed by atoms with van der Waals surface area (Å²) in [5.74, 6) is 0.894. The number of fused-ring (bicyclic) bond motifs is 1. The van der Waals surface area contributed by atoms with Crippen molar-refractivity contribution in [1.29, 1.82) is 0 Å². The summed E-state index contributed by atoms with van der Waals surface area (Å²) in [5, 5.41) is 19.7. The second kappa shape index (κ2) is 7.59. The van der Waals surface area contributed by atoms with Crippen molar-refractivity contribution in [2.75, 3.05) is 18.4 Å². The van der Waals surface area contributed by atoms with Gasteiger partial charge in [0.25, 0.3) is 11.7 Å². The van der Waals surface area contributed by atoms with Crippen molar-refractivity contribution >= 4 is 28.5 Å². The minimum Gasteiger partial charge on any atom is -0.508 e. The third-order valence-corrected chi connectivity index (χ3v) is 4.85. The first-order valence-corrected chi connectivity index (χ1v) is 9.16. The summed E-state index contributed by atoms with van der Waals surface area (Å²) in [6, 6.07) is 10.3. The molecule has 146 valence electrons. The number of phenols is 1. The highest BCUT2D eigenvalue weighted by atomic mass is 16.3. The lowest BCUT2D eigenvalue weighted by Crippen LogP contribution is -2.46. The van der Waals surface area contributed by atoms with Crippen LogP contribution in [0, 0.1) is 0 Å². The van der Waals surface area contributed by atoms with Gasteiger partial charge in [0.1, 0.15) is 17.9 Å². The van der Waals surface area contributed by atoms with E-state index < -0.39 is 0 Å². The molecule has 1 aromatic heterocycles. The van der Waals surface area contributed by atoms with Gasteiger partial charge >= 0.3 is 0 Å². The molecule has 0 saturated heterocycles. The van der Waals surface area contributed by atoms with Gasteiger partial charge in [0.15, 0.2) is 0 Å². The van der Waals surface area contributed by atoms with Crippen LogP contribution >= 0.6 is 0 Å². The van der Waals surface area contributed by atoms with E-state index in [9.17, 15) is 9.90 Å². The normalized spacial score (nSPS) is 13.0. The molecule has 8 nitrogen and oxygen atoms in total. The van der Waals surface area contributed by atoms with Crippen LogP contribution in [0.4, 0.5) is 5.82 Å². The number of nitrogens with zero attached hydrogens (tertiary/aromatic N) is 3. The number of anilines is 1. The molecule has 29 heavy (non-hydrogen) atoms. The van der Waals surface area contributed by atoms with Crippen LogP contribution < -0.4 is 16.5 Å². The van der Waals surface area contributed by atoms with Gasteiger partial charge in [-0.3, -0.25) is 15.9 Å². The van der Waals surface area contributed by atoms with Crippen LogP contribution in [-0.4, -0.2) is 44.8 Å². The molecule has 8 heteroatoms. The fourth-order valence-corrected chi connectivity index (χ4v) is 3.24. The highest BCUT2D eigenvalue weighted by molar-refractivity contribution is 6.00. The molecule has 6 N–H and O–H groups in total. The number of rotatable bonds is 5. The van der Waals surface area contributed by atoms with Gasteiger partial charge in [0.2, 0.25) is 0 Å². The van der Waals surface area contributed by atoms with Gasteiger partial charge in [-0.05, 0) is 36.4 Å². The molecule has 1 aliphatic rings. The van der Waals surface area contributed by atoms with Crippen molar-refractivity contribution in [3.05, 3.63) is 71.6 Å². The van der Waals surface area contributed by atoms with Gasteiger partial charge in [-0.25, -0.2) is 9.97 Å². The van der Waals surface area contributed by atoms with Gasteiger partial charge < -0.3 is 15.3 Å². The first-order chi connectivity index (χ1) is 14.0. The number of carbonyl (C=O) groups excluding carboxylic acids is 1. The molecule has 0 radical (unpaired) electrons. The SMILES string of the molecule is NC(=[NH2+])c1ccc(O)c(CNc2ncnc3cc(C(=O)N4CC=CC4)ccc23)c1. The fourth-order valence-electron chi connectivity index (χ4n) is 3.24. The Balaban J connectivity index is 1.58. The van der Waals surface area contributed by atoms with E-state index in [0.717, 1.165) is 5.39 Å². The largest absolute Gasteiger partial charge is 0.508 e. The zero-order valence-electron chi connectivity index (χ0n) is 15.7. The monoisotopic (exact) mass is 389 g/mol. The third kappa shape index (κ3) is 3.73. The second-order valence-corrected chi connectivity index (χ2v) is 6.79. The summed E-state index contributed by atoms with van der Waals surface area (Å²) in [7, 11) is 0. The van der Waals surface area contributed by atoms with Gasteiger partial charge in [0.05, 0.1) is 11.1 Å². The molecule has 3 aromatic rings. The average molecular weight is 389 g/mol. The number of hydrogen-bond donors (Lipinski definition) is 4. The molecule has 0 fully saturated rings. The summed E-state index contributed by atoms with van der Waals surface area (Å²) in [6.45, 7) is 1.57. The number of hydrogen-bond acceptors (Lipinski definition) is 5. The van der Waals surface area contributed by atoms with Gasteiger partial charge in [0, 0.05) is 36.1 Å². The second-order valence-electron chi connectivity index (χ2n) is 6.79. The van der Waals surface area contributed by atoms with E-state index in [2.05, 4.69) is 15.3 Å². The number of benzene rings is 2. The number of carbonyl (C=O) groups is 1. The number of phenolic OH excluding ortho intramolecular Hbond substituents is 1. The first kappa shape index (κ1) is 18.4. The van der Waals surface area contributed by atoms with Crippen LogP contribution in [0.15, 0.2) is 54.9 Å². The number of nitrogens with two attached hydrogens (primary N) is 2. The predicted octanol–water partition coefficient (Wildman–Crippen LogP) is 0.424. The molecule has 0 unspecified atom stereocenters. The Morgan fingerprint density at radius 2 is 1.90 bits per heavy atom. The van der Waals surface area contributed by atoms with Crippen LogP contribution in [0.2, 0.25) is 0 Å². The van der Waals surface area contributed by atoms with Crippen LogP contribution in [0.1, 0.15) is 21.5 Å². The van der Waals surface area contributed by atoms with Crippen LogP contribution in [0.25, 0.3) is 10.9 Å². The van der Waals surface area contributed by atoms with Crippen molar-refractivity contribution in [1.82, 2.24) is 14.9 Å². The van der Waals surface area contributed by atoms with Crippen molar-refractivity contribution in [2.24, 2.45) is 5.73 Å². The van der Waals surface area contributed by atoms with Crippen molar-refractivity contribution in [2.45, 2.75) is 6.54 Å². The molecule has 0 saturated carbocycles. The fraction of sp³-hybridized carbons (Fsp3) is 0.143. The quantitative estimate of drug-likeness (QED) is 0.284. The Labute approximate surface area is 167 Å². The summed E-state index contributed by atoms with van der Waals surface area (Å²) in [4.78, 5) is 22.9. The molecule has 2 heterocycles. The van der Waals surface area contributed by atoms with Gasteiger partial charge in [-0.15, -0.1) is 0 Å². The van der Waals surface area contributed by atoms with Crippen molar-refractivity contribution in [3.63, 3.8) is 0 Å². The zero-order valence-corrected chi connectivity index (χ0v) is 15.7. The van der Waals surface area contributed by atoms with Crippen molar-refractivity contribution < 1.29 is 15.3 Å². The molecular weight excluding hydrogens is 368 g/mol. The Morgan fingerprint density at radius 1 is 1.14 bits per heavy atom. The van der Waals surface area contributed by atoms with E-state index in [1.165, 1.54) is 6.33 Å². The molecular formula is C21H21N6O2+. The Hall–Kier alpha value is -3.94. The Morgan fingerprint density at radius 3 is 2.66 bits per heavy atom. The van der Waals surface area contributed by atoms with Crippen LogP contribution in [-0.2, 0) is 6.54 Å². The van der Waals surface area contributed by atoms with E-state index in [-0.39, 0.29) is 17.5 Å². The summed E-state index contributed by atoms with van der Waals surface area (Å²) < 4.78 is 0. The lowest BCUT2D eigenvalue weighted by molar-refractivity contribution is -0.114. The van der Waals surface area contributed by atoms with Gasteiger partial charge in [-0.2, -0.15) is 0 Å². The minimum atomic E-state index is -0.0256. The predicted molar refractivity (Wildman–Crippen MR) is 110 cm³/mol. The Bertz CT molecular complexity index is 1130. The lowest BCUT2D eigenvalue weighted by atomic mass is 10.1. The van der Waals surface area contributed by atoms with E-state index in [1.54, 1.807) is 35.2 Å². The van der Waals surface area contributed by atoms with Crippen LogP contribution in [0.3, 0.4) is 0 Å². The molecule has 2 aromatic carbocycles. The Kier molecular flexibility index (Phi) is 4.82. The zero-order chi connectivity index (χ0) is 20.4. The molecule has 4 rings (SSSR count). The number of nitrogens with one attached hydrogen (secondary N) is 1. The summed E-state index contributed by atoms with van der Waals surface area (Å²) >= 11 is 0. The minimum absolute atomic E-state index is 0.0256. The maximum absolute atomic E-state index is 12.6. The number of amidine groups is 1. The topological polar surface area (TPSA) is 130 Å².